The van der Waals surface area contributed by atoms with Crippen molar-refractivity contribution in [1.82, 2.24) is 5.32 Å². The monoisotopic (exact) mass is 278 g/mol. The second kappa shape index (κ2) is 7.14. The summed E-state index contributed by atoms with van der Waals surface area (Å²) in [5, 5.41) is 2.86. The molecule has 0 unspecified atom stereocenters. The van der Waals surface area contributed by atoms with Crippen LogP contribution in [-0.4, -0.2) is 31.7 Å². The number of hydrogen-bond donors (Lipinski definition) is 2. The summed E-state index contributed by atoms with van der Waals surface area (Å²) in [6.07, 6.45) is 2.38. The van der Waals surface area contributed by atoms with Crippen LogP contribution in [-0.2, 0) is 11.2 Å². The maximum Gasteiger partial charge on any atom is 0.236 e. The number of hydrogen-bond acceptors (Lipinski definition) is 4. The summed E-state index contributed by atoms with van der Waals surface area (Å²) in [4.78, 5) is 11.7. The highest BCUT2D eigenvalue weighted by Gasteiger charge is 2.13. The van der Waals surface area contributed by atoms with Crippen LogP contribution in [0.4, 0.5) is 0 Å². The Labute approximate surface area is 119 Å². The van der Waals surface area contributed by atoms with E-state index in [1.807, 2.05) is 25.1 Å². The molecule has 5 heteroatoms. The molecule has 0 fully saturated rings. The van der Waals surface area contributed by atoms with Gasteiger partial charge in [-0.1, -0.05) is 19.4 Å². The molecule has 1 aromatic carbocycles. The number of amides is 1. The largest absolute Gasteiger partial charge is 0.486 e. The molecule has 3 N–H and O–H groups in total. The molecule has 0 aliphatic carbocycles. The van der Waals surface area contributed by atoms with Gasteiger partial charge in [-0.05, 0) is 30.5 Å². The van der Waals surface area contributed by atoms with Gasteiger partial charge in [-0.25, -0.2) is 0 Å². The third-order valence-corrected chi connectivity index (χ3v) is 3.26. The first-order chi connectivity index (χ1) is 9.70. The molecule has 20 heavy (non-hydrogen) atoms. The molecular weight excluding hydrogens is 256 g/mol. The van der Waals surface area contributed by atoms with E-state index in [-0.39, 0.29) is 5.91 Å². The lowest BCUT2D eigenvalue weighted by molar-refractivity contribution is -0.122. The van der Waals surface area contributed by atoms with Gasteiger partial charge < -0.3 is 20.5 Å². The molecule has 0 bridgehead atoms. The van der Waals surface area contributed by atoms with E-state index in [9.17, 15) is 4.79 Å². The maximum atomic E-state index is 11.7. The van der Waals surface area contributed by atoms with Gasteiger partial charge in [0.1, 0.15) is 13.2 Å². The molecule has 0 spiro atoms. The minimum Gasteiger partial charge on any atom is -0.486 e. The Hall–Kier alpha value is -1.75. The van der Waals surface area contributed by atoms with Crippen LogP contribution in [0.1, 0.15) is 25.3 Å². The van der Waals surface area contributed by atoms with Crippen molar-refractivity contribution < 1.29 is 14.3 Å². The highest BCUT2D eigenvalue weighted by molar-refractivity contribution is 5.81. The van der Waals surface area contributed by atoms with E-state index in [1.165, 1.54) is 0 Å². The second-order valence-electron chi connectivity index (χ2n) is 4.91. The average Bonchev–Trinajstić information content (AvgIpc) is 2.47. The van der Waals surface area contributed by atoms with Gasteiger partial charge in [0.2, 0.25) is 5.91 Å². The first-order valence-corrected chi connectivity index (χ1v) is 7.12. The molecule has 0 aromatic heterocycles. The highest BCUT2D eigenvalue weighted by Crippen LogP contribution is 2.30. The Bertz CT molecular complexity index is 462. The van der Waals surface area contributed by atoms with Gasteiger partial charge in [0.15, 0.2) is 11.5 Å². The molecule has 1 amide bonds. The molecule has 0 saturated heterocycles. The molecule has 5 nitrogen and oxygen atoms in total. The Balaban J connectivity index is 1.81. The number of nitrogens with two attached hydrogens (primary N) is 1. The molecule has 1 aromatic rings. The fourth-order valence-electron chi connectivity index (χ4n) is 2.15. The number of rotatable bonds is 6. The third-order valence-electron chi connectivity index (χ3n) is 3.26. The fraction of sp³-hybridized carbons (Fsp3) is 0.533. The number of carbonyl (C=O) groups is 1. The Morgan fingerprint density at radius 1 is 1.35 bits per heavy atom. The number of carbonyl (C=O) groups excluding carboxylic acids is 1. The Morgan fingerprint density at radius 2 is 2.10 bits per heavy atom. The van der Waals surface area contributed by atoms with Gasteiger partial charge in [0.25, 0.3) is 0 Å². The molecular formula is C15H22N2O3. The van der Waals surface area contributed by atoms with E-state index in [0.717, 1.165) is 36.3 Å². The minimum absolute atomic E-state index is 0.0793. The topological polar surface area (TPSA) is 73.6 Å². The number of nitrogens with one attached hydrogen (secondary N) is 1. The fourth-order valence-corrected chi connectivity index (χ4v) is 2.15. The molecule has 0 saturated carbocycles. The molecule has 1 aliphatic rings. The summed E-state index contributed by atoms with van der Waals surface area (Å²) >= 11 is 0. The van der Waals surface area contributed by atoms with Crippen LogP contribution in [0.5, 0.6) is 11.5 Å². The van der Waals surface area contributed by atoms with Crippen molar-refractivity contribution in [1.29, 1.82) is 0 Å². The van der Waals surface area contributed by atoms with Crippen molar-refractivity contribution in [2.75, 3.05) is 19.8 Å². The molecule has 1 aliphatic heterocycles. The van der Waals surface area contributed by atoms with Crippen molar-refractivity contribution in [2.45, 2.75) is 32.2 Å². The predicted octanol–water partition coefficient (Wildman–Crippen LogP) is 1.24. The van der Waals surface area contributed by atoms with Crippen LogP contribution >= 0.6 is 0 Å². The molecule has 1 atom stereocenters. The van der Waals surface area contributed by atoms with E-state index < -0.39 is 6.04 Å². The Morgan fingerprint density at radius 3 is 2.85 bits per heavy atom. The quantitative estimate of drug-likeness (QED) is 0.821. The summed E-state index contributed by atoms with van der Waals surface area (Å²) in [6.45, 7) is 3.77. The first-order valence-electron chi connectivity index (χ1n) is 7.12. The third kappa shape index (κ3) is 3.87. The zero-order valence-corrected chi connectivity index (χ0v) is 11.9. The van der Waals surface area contributed by atoms with Gasteiger partial charge in [0, 0.05) is 6.54 Å². The van der Waals surface area contributed by atoms with E-state index in [2.05, 4.69) is 5.32 Å². The lowest BCUT2D eigenvalue weighted by atomic mass is 10.1. The van der Waals surface area contributed by atoms with Gasteiger partial charge in [0.05, 0.1) is 6.04 Å². The molecule has 1 heterocycles. The Kier molecular flexibility index (Phi) is 5.24. The number of benzene rings is 1. The molecule has 110 valence electrons. The minimum atomic E-state index is -0.403. The van der Waals surface area contributed by atoms with Gasteiger partial charge in [-0.15, -0.1) is 0 Å². The lowest BCUT2D eigenvalue weighted by Gasteiger charge is -2.19. The maximum absolute atomic E-state index is 11.7. The standard InChI is InChI=1S/C15H22N2O3/c1-2-3-12(16)15(18)17-7-6-11-4-5-13-14(10-11)20-9-8-19-13/h4-5,10,12H,2-3,6-9,16H2,1H3,(H,17,18)/t12-/m0/s1. The summed E-state index contributed by atoms with van der Waals surface area (Å²) in [6, 6.07) is 5.47. The predicted molar refractivity (Wildman–Crippen MR) is 77.0 cm³/mol. The van der Waals surface area contributed by atoms with Crippen molar-refractivity contribution >= 4 is 5.91 Å². The second-order valence-corrected chi connectivity index (χ2v) is 4.91. The van der Waals surface area contributed by atoms with Crippen molar-refractivity contribution in [3.8, 4) is 11.5 Å². The molecule has 2 rings (SSSR count). The van der Waals surface area contributed by atoms with Gasteiger partial charge in [-0.3, -0.25) is 4.79 Å². The van der Waals surface area contributed by atoms with Crippen LogP contribution in [0.15, 0.2) is 18.2 Å². The SMILES string of the molecule is CCC[C@H](N)C(=O)NCCc1ccc2c(c1)OCCO2. The van der Waals surface area contributed by atoms with E-state index in [1.54, 1.807) is 0 Å². The number of ether oxygens (including phenoxy) is 2. The zero-order valence-electron chi connectivity index (χ0n) is 11.9. The van der Waals surface area contributed by atoms with Crippen LogP contribution in [0.2, 0.25) is 0 Å². The first kappa shape index (κ1) is 14.7. The van der Waals surface area contributed by atoms with Crippen molar-refractivity contribution in [2.24, 2.45) is 5.73 Å². The summed E-state index contributed by atoms with van der Waals surface area (Å²) in [5.41, 5.74) is 6.86. The van der Waals surface area contributed by atoms with Crippen LogP contribution in [0.3, 0.4) is 0 Å². The zero-order chi connectivity index (χ0) is 14.4. The van der Waals surface area contributed by atoms with Crippen LogP contribution in [0, 0.1) is 0 Å². The van der Waals surface area contributed by atoms with Crippen molar-refractivity contribution in [3.05, 3.63) is 23.8 Å². The van der Waals surface area contributed by atoms with Crippen LogP contribution < -0.4 is 20.5 Å². The van der Waals surface area contributed by atoms with E-state index in [0.29, 0.717) is 19.8 Å². The van der Waals surface area contributed by atoms with Gasteiger partial charge >= 0.3 is 0 Å². The van der Waals surface area contributed by atoms with Crippen LogP contribution in [0.25, 0.3) is 0 Å². The van der Waals surface area contributed by atoms with Crippen molar-refractivity contribution in [3.63, 3.8) is 0 Å². The average molecular weight is 278 g/mol. The summed E-state index contributed by atoms with van der Waals surface area (Å²) in [5.74, 6) is 1.49. The smallest absolute Gasteiger partial charge is 0.236 e. The highest BCUT2D eigenvalue weighted by atomic mass is 16.6. The summed E-state index contributed by atoms with van der Waals surface area (Å²) < 4.78 is 11.0. The van der Waals surface area contributed by atoms with Gasteiger partial charge in [-0.2, -0.15) is 0 Å². The lowest BCUT2D eigenvalue weighted by Crippen LogP contribution is -2.41. The van der Waals surface area contributed by atoms with E-state index in [4.69, 9.17) is 15.2 Å². The molecule has 0 radical (unpaired) electrons. The summed E-state index contributed by atoms with van der Waals surface area (Å²) in [7, 11) is 0. The normalized spacial score (nSPS) is 14.7. The number of fused-ring (bicyclic) bond motifs is 1. The van der Waals surface area contributed by atoms with E-state index >= 15 is 0 Å².